The zero-order valence-corrected chi connectivity index (χ0v) is 34.7. The maximum atomic E-state index is 15.3. The molecule has 2 saturated heterocycles. The molecule has 4 unspecified atom stereocenters. The van der Waals surface area contributed by atoms with Gasteiger partial charge in [0, 0.05) is 67.2 Å². The molecule has 2 fully saturated rings. The molecule has 4 atom stereocenters. The summed E-state index contributed by atoms with van der Waals surface area (Å²) in [5.41, 5.74) is 5.32. The topological polar surface area (TPSA) is 157 Å². The van der Waals surface area contributed by atoms with Crippen LogP contribution in [0.5, 0.6) is 0 Å². The van der Waals surface area contributed by atoms with Gasteiger partial charge in [-0.2, -0.15) is 0 Å². The Morgan fingerprint density at radius 3 is 1.48 bits per heavy atom. The van der Waals surface area contributed by atoms with E-state index in [2.05, 4.69) is 53.6 Å². The fourth-order valence-corrected chi connectivity index (χ4v) is 8.93. The van der Waals surface area contributed by atoms with E-state index in [-0.39, 0.29) is 47.5 Å². The first-order valence-corrected chi connectivity index (χ1v) is 20.6. The van der Waals surface area contributed by atoms with E-state index in [1.807, 2.05) is 76.6 Å². The highest BCUT2D eigenvalue weighted by Gasteiger charge is 2.28. The standard InChI is InChI=1S/C24H27FN6O.C21H20FN5O2/c1-13(2)26-24(32)17-9-16-10-18(25)23(30-11-14(3)27-15(4)12-30)29-21(16)31-20-8-6-5-7-19(20)28-22(17)31;1-11-9-26(10-12(2)23-11)20-15(22)8-13-7-14(21(28)29)19-24-16-5-3-4-6-17(16)27(19)18(13)25-20/h5-10,13-15,27H,11-12H2,1-4H3,(H,26,32);3-8,11-12,23H,9-10H2,1-2H3,(H,28,29). The van der Waals surface area contributed by atoms with Gasteiger partial charge in [0.2, 0.25) is 0 Å². The first-order valence-electron chi connectivity index (χ1n) is 20.6. The number of anilines is 2. The summed E-state index contributed by atoms with van der Waals surface area (Å²) in [5.74, 6) is -1.59. The summed E-state index contributed by atoms with van der Waals surface area (Å²) in [5, 5.41) is 20.5. The molecule has 0 saturated carbocycles. The van der Waals surface area contributed by atoms with Crippen molar-refractivity contribution in [3.63, 3.8) is 0 Å². The Labute approximate surface area is 349 Å². The number of hydrogen-bond donors (Lipinski definition) is 4. The van der Waals surface area contributed by atoms with E-state index in [4.69, 9.17) is 9.97 Å². The van der Waals surface area contributed by atoms with Crippen LogP contribution in [0.25, 0.3) is 55.4 Å². The third-order valence-corrected chi connectivity index (χ3v) is 11.2. The van der Waals surface area contributed by atoms with Gasteiger partial charge in [-0.25, -0.2) is 33.5 Å². The zero-order valence-electron chi connectivity index (χ0n) is 34.7. The van der Waals surface area contributed by atoms with E-state index >= 15 is 8.78 Å². The second-order valence-electron chi connectivity index (χ2n) is 16.7. The fourth-order valence-electron chi connectivity index (χ4n) is 8.93. The first kappa shape index (κ1) is 39.9. The number of nitrogens with zero attached hydrogens (tertiary/aromatic N) is 8. The van der Waals surface area contributed by atoms with Crippen molar-refractivity contribution in [1.29, 1.82) is 0 Å². The van der Waals surface area contributed by atoms with Crippen LogP contribution in [0.3, 0.4) is 0 Å². The van der Waals surface area contributed by atoms with Crippen LogP contribution < -0.4 is 25.8 Å². The largest absolute Gasteiger partial charge is 0.478 e. The maximum Gasteiger partial charge on any atom is 0.339 e. The van der Waals surface area contributed by atoms with Gasteiger partial charge in [0.1, 0.15) is 16.9 Å². The number of para-hydroxylation sites is 4. The molecule has 14 nitrogen and oxygen atoms in total. The summed E-state index contributed by atoms with van der Waals surface area (Å²) in [7, 11) is 0. The van der Waals surface area contributed by atoms with Gasteiger partial charge in [-0.15, -0.1) is 0 Å². The number of carbonyl (C=O) groups is 2. The molecule has 314 valence electrons. The van der Waals surface area contributed by atoms with Crippen LogP contribution in [-0.2, 0) is 0 Å². The number of pyridine rings is 4. The van der Waals surface area contributed by atoms with Gasteiger partial charge in [-0.3, -0.25) is 13.6 Å². The highest BCUT2D eigenvalue weighted by Crippen LogP contribution is 2.32. The molecule has 16 heteroatoms. The van der Waals surface area contributed by atoms with Crippen LogP contribution in [0.4, 0.5) is 20.4 Å². The van der Waals surface area contributed by atoms with Crippen LogP contribution in [0.1, 0.15) is 62.3 Å². The Balaban J connectivity index is 0.000000157. The molecule has 0 aliphatic carbocycles. The number of halogens is 2. The van der Waals surface area contributed by atoms with Crippen molar-refractivity contribution in [3.05, 3.63) is 95.6 Å². The third kappa shape index (κ3) is 7.29. The fraction of sp³-hybridized carbons (Fsp3) is 0.333. The molecule has 0 bridgehead atoms. The van der Waals surface area contributed by atoms with E-state index < -0.39 is 17.6 Å². The number of amides is 1. The molecule has 4 N–H and O–H groups in total. The Bertz CT molecular complexity index is 3020. The lowest BCUT2D eigenvalue weighted by atomic mass is 10.1. The molecule has 0 radical (unpaired) electrons. The first-order chi connectivity index (χ1) is 29.2. The molecule has 6 aromatic heterocycles. The predicted molar refractivity (Wildman–Crippen MR) is 234 cm³/mol. The molecular weight excluding hydrogens is 781 g/mol. The zero-order chi connectivity index (χ0) is 42.9. The number of imidazole rings is 2. The number of carboxylic acids is 1. The van der Waals surface area contributed by atoms with Crippen molar-refractivity contribution in [3.8, 4) is 0 Å². The molecule has 8 heterocycles. The second-order valence-corrected chi connectivity index (χ2v) is 16.7. The number of carbonyl (C=O) groups excluding carboxylic acids is 1. The van der Waals surface area contributed by atoms with Crippen LogP contribution in [-0.4, -0.2) is 102 Å². The van der Waals surface area contributed by atoms with Gasteiger partial charge in [-0.1, -0.05) is 24.3 Å². The Hall–Kier alpha value is -6.52. The number of carboxylic acid groups (broad SMARTS) is 1. The van der Waals surface area contributed by atoms with Crippen molar-refractivity contribution < 1.29 is 23.5 Å². The van der Waals surface area contributed by atoms with Crippen LogP contribution in [0, 0.1) is 11.6 Å². The van der Waals surface area contributed by atoms with Gasteiger partial charge in [-0.05, 0) is 90.1 Å². The Morgan fingerprint density at radius 2 is 1.05 bits per heavy atom. The maximum absolute atomic E-state index is 15.3. The lowest BCUT2D eigenvalue weighted by Crippen LogP contribution is -2.54. The van der Waals surface area contributed by atoms with Crippen LogP contribution in [0.2, 0.25) is 0 Å². The predicted octanol–water partition coefficient (Wildman–Crippen LogP) is 6.56. The molecule has 2 aromatic carbocycles. The summed E-state index contributed by atoms with van der Waals surface area (Å²) in [6, 6.07) is 21.9. The minimum Gasteiger partial charge on any atom is -0.478 e. The Kier molecular flexibility index (Phi) is 10.1. The molecule has 10 rings (SSSR count). The number of aromatic nitrogens is 6. The average molecular weight is 828 g/mol. The van der Waals surface area contributed by atoms with E-state index in [9.17, 15) is 14.7 Å². The SMILES string of the molecule is CC(C)NC(=O)c1cc2cc(F)c(N3CC(C)NC(C)C3)nc2n2c1nc1ccccc12.CC1CN(c2nc3c(cc2F)cc(C(=O)O)c2nc4ccccc4n23)CC(C)N1. The van der Waals surface area contributed by atoms with E-state index in [1.54, 1.807) is 10.5 Å². The molecular formula is C45H47F2N11O3. The molecule has 2 aliphatic heterocycles. The van der Waals surface area contributed by atoms with Crippen molar-refractivity contribution >= 4 is 78.9 Å². The summed E-state index contributed by atoms with van der Waals surface area (Å²) in [6.07, 6.45) is 0. The van der Waals surface area contributed by atoms with E-state index in [1.165, 1.54) is 18.2 Å². The monoisotopic (exact) mass is 827 g/mol. The lowest BCUT2D eigenvalue weighted by Gasteiger charge is -2.37. The average Bonchev–Trinajstić information content (AvgIpc) is 3.79. The molecule has 0 spiro atoms. The minimum atomic E-state index is -1.11. The number of rotatable bonds is 5. The highest BCUT2D eigenvalue weighted by molar-refractivity contribution is 6.06. The van der Waals surface area contributed by atoms with Gasteiger partial charge in [0.25, 0.3) is 5.91 Å². The molecule has 2 aliphatic rings. The van der Waals surface area contributed by atoms with Gasteiger partial charge < -0.3 is 30.9 Å². The number of piperazine rings is 2. The lowest BCUT2D eigenvalue weighted by molar-refractivity contribution is 0.0698. The number of hydrogen-bond acceptors (Lipinski definition) is 10. The second kappa shape index (κ2) is 15.5. The van der Waals surface area contributed by atoms with Crippen molar-refractivity contribution in [2.24, 2.45) is 0 Å². The number of fused-ring (bicyclic) bond motifs is 10. The van der Waals surface area contributed by atoms with Gasteiger partial charge in [0.15, 0.2) is 34.6 Å². The van der Waals surface area contributed by atoms with Crippen LogP contribution in [0.15, 0.2) is 72.8 Å². The van der Waals surface area contributed by atoms with Gasteiger partial charge in [0.05, 0.1) is 27.6 Å². The Morgan fingerprint density at radius 1 is 0.639 bits per heavy atom. The quantitative estimate of drug-likeness (QED) is 0.149. The smallest absolute Gasteiger partial charge is 0.339 e. The summed E-state index contributed by atoms with van der Waals surface area (Å²) in [6.45, 7) is 14.7. The third-order valence-electron chi connectivity index (χ3n) is 11.2. The van der Waals surface area contributed by atoms with E-state index in [0.717, 1.165) is 16.6 Å². The number of benzene rings is 2. The summed E-state index contributed by atoms with van der Waals surface area (Å²) >= 11 is 0. The van der Waals surface area contributed by atoms with E-state index in [0.29, 0.717) is 76.4 Å². The number of aromatic carboxylic acids is 1. The normalized spacial score (nSPS) is 19.7. The molecule has 1 amide bonds. The van der Waals surface area contributed by atoms with Gasteiger partial charge >= 0.3 is 5.97 Å². The van der Waals surface area contributed by atoms with Crippen molar-refractivity contribution in [2.45, 2.75) is 71.8 Å². The number of nitrogens with one attached hydrogen (secondary N) is 3. The molecule has 8 aromatic rings. The van der Waals surface area contributed by atoms with Crippen molar-refractivity contribution in [2.75, 3.05) is 36.0 Å². The summed E-state index contributed by atoms with van der Waals surface area (Å²) in [4.78, 5) is 47.4. The molecule has 61 heavy (non-hydrogen) atoms. The highest BCUT2D eigenvalue weighted by atomic mass is 19.1. The van der Waals surface area contributed by atoms with Crippen molar-refractivity contribution in [1.82, 2.24) is 44.7 Å². The summed E-state index contributed by atoms with van der Waals surface area (Å²) < 4.78 is 33.9. The van der Waals surface area contributed by atoms with Crippen LogP contribution >= 0.6 is 0 Å². The minimum absolute atomic E-state index is 0.0204.